The van der Waals surface area contributed by atoms with Crippen LogP contribution < -0.4 is 24.4 Å². The predicted octanol–water partition coefficient (Wildman–Crippen LogP) is 5.18. The Morgan fingerprint density at radius 3 is 2.64 bits per heavy atom. The standard InChI is InChI=1S/C32H38ClFN4O4/c1-21-9-15-38(40)23(3)31(21)32(39)35-12-8-22(2)36-13-10-26(11-14-36)37(20-24-18-25(33)4-6-28(24)34)27-5-7-29-30(19-27)42-17-16-41-29/h4-7,9,15,18-19,22,26H,8,10-14,16-17,20H2,1-3H3,(H,35,39). The lowest BCUT2D eigenvalue weighted by Crippen LogP contribution is -2.48. The molecule has 0 aliphatic carbocycles. The third-order valence-corrected chi connectivity index (χ3v) is 8.63. The zero-order valence-corrected chi connectivity index (χ0v) is 25.1. The topological polar surface area (TPSA) is 81.0 Å². The molecule has 2 aromatic carbocycles. The minimum absolute atomic E-state index is 0.192. The van der Waals surface area contributed by atoms with E-state index in [1.165, 1.54) is 12.3 Å². The molecule has 10 heteroatoms. The van der Waals surface area contributed by atoms with Gasteiger partial charge in [-0.2, -0.15) is 4.73 Å². The highest BCUT2D eigenvalue weighted by molar-refractivity contribution is 6.30. The Hall–Kier alpha value is -3.56. The summed E-state index contributed by atoms with van der Waals surface area (Å²) >= 11 is 6.23. The molecule has 2 aliphatic rings. The van der Waals surface area contributed by atoms with E-state index >= 15 is 0 Å². The van der Waals surface area contributed by atoms with Crippen LogP contribution >= 0.6 is 11.6 Å². The summed E-state index contributed by atoms with van der Waals surface area (Å²) in [6, 6.07) is 12.7. The Labute approximate surface area is 251 Å². The Morgan fingerprint density at radius 1 is 1.14 bits per heavy atom. The summed E-state index contributed by atoms with van der Waals surface area (Å²) in [6.07, 6.45) is 4.02. The first-order valence-electron chi connectivity index (χ1n) is 14.5. The molecule has 224 valence electrons. The van der Waals surface area contributed by atoms with Crippen LogP contribution in [0.5, 0.6) is 11.5 Å². The van der Waals surface area contributed by atoms with Gasteiger partial charge in [0.25, 0.3) is 5.91 Å². The smallest absolute Gasteiger partial charge is 0.257 e. The molecule has 2 aliphatic heterocycles. The summed E-state index contributed by atoms with van der Waals surface area (Å²) in [7, 11) is 0. The summed E-state index contributed by atoms with van der Waals surface area (Å²) in [4.78, 5) is 17.5. The highest BCUT2D eigenvalue weighted by Crippen LogP contribution is 2.37. The van der Waals surface area contributed by atoms with Gasteiger partial charge in [0.1, 0.15) is 24.6 Å². The van der Waals surface area contributed by atoms with Crippen molar-refractivity contribution in [3.8, 4) is 11.5 Å². The molecule has 1 unspecified atom stereocenters. The van der Waals surface area contributed by atoms with Crippen molar-refractivity contribution in [2.24, 2.45) is 0 Å². The molecule has 0 saturated carbocycles. The number of halogens is 2. The summed E-state index contributed by atoms with van der Waals surface area (Å²) in [5.74, 6) is 0.930. The van der Waals surface area contributed by atoms with E-state index in [-0.39, 0.29) is 23.8 Å². The number of amides is 1. The summed E-state index contributed by atoms with van der Waals surface area (Å²) in [5.41, 5.74) is 3.14. The van der Waals surface area contributed by atoms with E-state index in [0.717, 1.165) is 54.1 Å². The lowest BCUT2D eigenvalue weighted by Gasteiger charge is -2.42. The van der Waals surface area contributed by atoms with Gasteiger partial charge in [-0.05, 0) is 69.0 Å². The van der Waals surface area contributed by atoms with E-state index in [1.807, 2.05) is 25.1 Å². The molecular weight excluding hydrogens is 559 g/mol. The molecule has 0 spiro atoms. The van der Waals surface area contributed by atoms with E-state index in [1.54, 1.807) is 25.1 Å². The van der Waals surface area contributed by atoms with Gasteiger partial charge in [-0.15, -0.1) is 0 Å². The number of ether oxygens (including phenoxy) is 2. The largest absolute Gasteiger partial charge is 0.618 e. The van der Waals surface area contributed by atoms with E-state index in [2.05, 4.69) is 22.0 Å². The Morgan fingerprint density at radius 2 is 1.88 bits per heavy atom. The number of carbonyl (C=O) groups excluding carboxylic acids is 1. The van der Waals surface area contributed by atoms with E-state index < -0.39 is 0 Å². The van der Waals surface area contributed by atoms with Crippen molar-refractivity contribution in [1.29, 1.82) is 0 Å². The summed E-state index contributed by atoms with van der Waals surface area (Å²) < 4.78 is 27.1. The molecule has 1 amide bonds. The van der Waals surface area contributed by atoms with E-state index in [4.69, 9.17) is 21.1 Å². The van der Waals surface area contributed by atoms with Crippen LogP contribution in [0.1, 0.15) is 53.4 Å². The maximum absolute atomic E-state index is 14.8. The normalized spacial score (nSPS) is 16.2. The van der Waals surface area contributed by atoms with Crippen molar-refractivity contribution in [1.82, 2.24) is 10.2 Å². The lowest BCUT2D eigenvalue weighted by molar-refractivity contribution is -0.612. The fourth-order valence-corrected chi connectivity index (χ4v) is 6.10. The monoisotopic (exact) mass is 596 g/mol. The summed E-state index contributed by atoms with van der Waals surface area (Å²) in [5, 5.41) is 15.4. The molecule has 0 radical (unpaired) electrons. The number of nitrogens with zero attached hydrogens (tertiary/aromatic N) is 3. The molecule has 3 heterocycles. The quantitative estimate of drug-likeness (QED) is 0.271. The van der Waals surface area contributed by atoms with Crippen molar-refractivity contribution >= 4 is 23.2 Å². The fraction of sp³-hybridized carbons (Fsp3) is 0.438. The number of rotatable bonds is 9. The number of piperidine rings is 1. The van der Waals surface area contributed by atoms with Crippen LogP contribution in [-0.4, -0.2) is 55.7 Å². The lowest BCUT2D eigenvalue weighted by atomic mass is 9.99. The van der Waals surface area contributed by atoms with Crippen LogP contribution in [0.25, 0.3) is 0 Å². The van der Waals surface area contributed by atoms with Gasteiger partial charge in [-0.1, -0.05) is 11.6 Å². The molecule has 1 saturated heterocycles. The first-order chi connectivity index (χ1) is 20.2. The highest BCUT2D eigenvalue weighted by Gasteiger charge is 2.29. The number of benzene rings is 2. The summed E-state index contributed by atoms with van der Waals surface area (Å²) in [6.45, 7) is 9.37. The Kier molecular flexibility index (Phi) is 9.38. The van der Waals surface area contributed by atoms with E-state index in [0.29, 0.717) is 53.9 Å². The van der Waals surface area contributed by atoms with Crippen molar-refractivity contribution in [3.63, 3.8) is 0 Å². The zero-order chi connectivity index (χ0) is 29.8. The van der Waals surface area contributed by atoms with Gasteiger partial charge in [-0.3, -0.25) is 4.79 Å². The van der Waals surface area contributed by atoms with Crippen LogP contribution in [0.2, 0.25) is 5.02 Å². The number of hydrogen-bond donors (Lipinski definition) is 1. The molecule has 1 aromatic heterocycles. The third kappa shape index (κ3) is 6.73. The van der Waals surface area contributed by atoms with Crippen LogP contribution in [0.15, 0.2) is 48.7 Å². The molecule has 1 atom stereocenters. The molecule has 0 bridgehead atoms. The number of nitrogens with one attached hydrogen (secondary N) is 1. The molecule has 5 rings (SSSR count). The number of pyridine rings is 1. The molecule has 8 nitrogen and oxygen atoms in total. The van der Waals surface area contributed by atoms with Crippen molar-refractivity contribution in [2.45, 2.75) is 58.7 Å². The van der Waals surface area contributed by atoms with Gasteiger partial charge >= 0.3 is 0 Å². The number of hydrogen-bond acceptors (Lipinski definition) is 6. The number of anilines is 1. The second-order valence-electron chi connectivity index (χ2n) is 11.1. The first kappa shape index (κ1) is 29.9. The SMILES string of the molecule is Cc1cc[n+]([O-])c(C)c1C(=O)NCCC(C)N1CCC(N(Cc2cc(Cl)ccc2F)c2ccc3c(c2)OCCO3)CC1. The van der Waals surface area contributed by atoms with Crippen molar-refractivity contribution < 1.29 is 23.4 Å². The fourth-order valence-electron chi connectivity index (χ4n) is 5.91. The van der Waals surface area contributed by atoms with Crippen molar-refractivity contribution in [2.75, 3.05) is 37.7 Å². The molecule has 42 heavy (non-hydrogen) atoms. The van der Waals surface area contributed by atoms with Gasteiger partial charge in [0.2, 0.25) is 5.69 Å². The number of aryl methyl sites for hydroxylation is 1. The van der Waals surface area contributed by atoms with E-state index in [9.17, 15) is 14.4 Å². The van der Waals surface area contributed by atoms with Gasteiger partial charge in [0.15, 0.2) is 17.7 Å². The number of likely N-dealkylation sites (tertiary alicyclic amines) is 1. The van der Waals surface area contributed by atoms with Crippen LogP contribution in [0, 0.1) is 24.9 Å². The molecule has 3 aromatic rings. The number of fused-ring (bicyclic) bond motifs is 1. The van der Waals surface area contributed by atoms with Crippen LogP contribution in [0.4, 0.5) is 10.1 Å². The van der Waals surface area contributed by atoms with Crippen LogP contribution in [0.3, 0.4) is 0 Å². The highest BCUT2D eigenvalue weighted by atomic mass is 35.5. The maximum Gasteiger partial charge on any atom is 0.257 e. The maximum atomic E-state index is 14.8. The van der Waals surface area contributed by atoms with Crippen LogP contribution in [-0.2, 0) is 6.54 Å². The minimum Gasteiger partial charge on any atom is -0.618 e. The molecular formula is C32H38ClFN4O4. The van der Waals surface area contributed by atoms with Gasteiger partial charge in [0, 0.05) is 73.6 Å². The average molecular weight is 597 g/mol. The third-order valence-electron chi connectivity index (χ3n) is 8.39. The molecule has 1 fully saturated rings. The minimum atomic E-state index is -0.277. The second kappa shape index (κ2) is 13.2. The number of carbonyl (C=O) groups is 1. The molecule has 1 N–H and O–H groups in total. The van der Waals surface area contributed by atoms with Crippen molar-refractivity contribution in [3.05, 3.63) is 87.1 Å². The Balaban J connectivity index is 1.22. The number of aromatic nitrogens is 1. The second-order valence-corrected chi connectivity index (χ2v) is 11.6. The predicted molar refractivity (Wildman–Crippen MR) is 161 cm³/mol. The first-order valence-corrected chi connectivity index (χ1v) is 14.9. The zero-order valence-electron chi connectivity index (χ0n) is 24.4. The Bertz CT molecular complexity index is 1430. The van der Waals surface area contributed by atoms with Gasteiger partial charge < -0.3 is 29.8 Å². The van der Waals surface area contributed by atoms with Gasteiger partial charge in [0.05, 0.1) is 0 Å². The average Bonchev–Trinajstić information content (AvgIpc) is 2.99. The van der Waals surface area contributed by atoms with Gasteiger partial charge in [-0.25, -0.2) is 4.39 Å².